The van der Waals surface area contributed by atoms with E-state index in [9.17, 15) is 5.11 Å². The van der Waals surface area contributed by atoms with E-state index in [0.717, 1.165) is 10.0 Å². The average Bonchev–Trinajstić information content (AvgIpc) is 2.97. The van der Waals surface area contributed by atoms with Crippen molar-refractivity contribution in [3.05, 3.63) is 57.3 Å². The first-order chi connectivity index (χ1) is 12.1. The number of phenolic OH excluding ortho intramolecular Hbond substituents is 1. The second-order valence-corrected chi connectivity index (χ2v) is 6.34. The molecule has 2 N–H and O–H groups in total. The number of aromatic nitrogens is 3. The lowest BCUT2D eigenvalue weighted by molar-refractivity contribution is 0.341. The molecule has 0 amide bonds. The fourth-order valence-electron chi connectivity index (χ4n) is 2.25. The third-order valence-electron chi connectivity index (χ3n) is 3.38. The number of rotatable bonds is 5. The zero-order valence-corrected chi connectivity index (χ0v) is 15.7. The Morgan fingerprint density at radius 2 is 2.16 bits per heavy atom. The van der Waals surface area contributed by atoms with Gasteiger partial charge in [0.05, 0.1) is 18.4 Å². The summed E-state index contributed by atoms with van der Waals surface area (Å²) in [6.45, 7) is 2.46. The number of aromatic hydroxyl groups is 1. The summed E-state index contributed by atoms with van der Waals surface area (Å²) in [5.41, 5.74) is 1.33. The zero-order chi connectivity index (χ0) is 17.8. The number of hydrogen-bond acceptors (Lipinski definition) is 5. The number of halogens is 1. The Kier molecular flexibility index (Phi) is 5.30. The SMILES string of the molecule is CCOc1ccccc1-c1n[nH]c(=S)n1/N=C\c1cc(Br)ccc1O. The molecule has 128 valence electrons. The van der Waals surface area contributed by atoms with Crippen LogP contribution in [0.15, 0.2) is 52.0 Å². The lowest BCUT2D eigenvalue weighted by Crippen LogP contribution is -1.99. The molecular weight excluding hydrogens is 404 g/mol. The van der Waals surface area contributed by atoms with Crippen molar-refractivity contribution in [2.45, 2.75) is 6.92 Å². The van der Waals surface area contributed by atoms with Crippen LogP contribution in [0.3, 0.4) is 0 Å². The molecule has 0 bridgehead atoms. The van der Waals surface area contributed by atoms with Gasteiger partial charge in [0.2, 0.25) is 4.77 Å². The molecule has 3 rings (SSSR count). The van der Waals surface area contributed by atoms with E-state index in [0.29, 0.717) is 28.5 Å². The standard InChI is InChI=1S/C17H15BrN4O2S/c1-2-24-15-6-4-3-5-13(15)16-20-21-17(25)22(16)19-10-11-9-12(18)7-8-14(11)23/h3-10,23H,2H2,1H3,(H,21,25)/b19-10-. The summed E-state index contributed by atoms with van der Waals surface area (Å²) in [7, 11) is 0. The van der Waals surface area contributed by atoms with Crippen LogP contribution in [-0.4, -0.2) is 32.8 Å². The fraction of sp³-hybridized carbons (Fsp3) is 0.118. The predicted molar refractivity (Wildman–Crippen MR) is 103 cm³/mol. The minimum atomic E-state index is 0.123. The second-order valence-electron chi connectivity index (χ2n) is 5.04. The van der Waals surface area contributed by atoms with Crippen LogP contribution in [0.4, 0.5) is 0 Å². The van der Waals surface area contributed by atoms with Gasteiger partial charge in [-0.1, -0.05) is 28.1 Å². The number of phenols is 1. The average molecular weight is 419 g/mol. The van der Waals surface area contributed by atoms with Gasteiger partial charge in [0, 0.05) is 10.0 Å². The molecule has 0 aliphatic rings. The monoisotopic (exact) mass is 418 g/mol. The highest BCUT2D eigenvalue weighted by molar-refractivity contribution is 9.10. The Labute approximate surface area is 157 Å². The highest BCUT2D eigenvalue weighted by Gasteiger charge is 2.13. The van der Waals surface area contributed by atoms with Gasteiger partial charge in [0.15, 0.2) is 5.82 Å². The molecule has 0 radical (unpaired) electrons. The summed E-state index contributed by atoms with van der Waals surface area (Å²) in [5, 5.41) is 21.3. The van der Waals surface area contributed by atoms with Crippen LogP contribution in [0.1, 0.15) is 12.5 Å². The van der Waals surface area contributed by atoms with E-state index in [1.165, 1.54) is 10.9 Å². The van der Waals surface area contributed by atoms with E-state index >= 15 is 0 Å². The molecule has 0 saturated heterocycles. The van der Waals surface area contributed by atoms with Gasteiger partial charge in [0.25, 0.3) is 0 Å². The van der Waals surface area contributed by atoms with Gasteiger partial charge in [-0.2, -0.15) is 14.9 Å². The third kappa shape index (κ3) is 3.80. The molecule has 0 aliphatic heterocycles. The van der Waals surface area contributed by atoms with Gasteiger partial charge in [-0.3, -0.25) is 0 Å². The molecule has 0 atom stereocenters. The molecule has 0 aliphatic carbocycles. The first-order valence-electron chi connectivity index (χ1n) is 7.52. The van der Waals surface area contributed by atoms with Crippen LogP contribution in [-0.2, 0) is 0 Å². The highest BCUT2D eigenvalue weighted by Crippen LogP contribution is 2.28. The molecule has 3 aromatic rings. The minimum Gasteiger partial charge on any atom is -0.507 e. The van der Waals surface area contributed by atoms with Crippen molar-refractivity contribution in [1.82, 2.24) is 14.9 Å². The molecule has 25 heavy (non-hydrogen) atoms. The fourth-order valence-corrected chi connectivity index (χ4v) is 2.81. The normalized spacial score (nSPS) is 11.1. The number of nitrogens with zero attached hydrogens (tertiary/aromatic N) is 3. The first-order valence-corrected chi connectivity index (χ1v) is 8.72. The molecule has 0 fully saturated rings. The van der Waals surface area contributed by atoms with Gasteiger partial charge in [-0.05, 0) is 49.5 Å². The highest BCUT2D eigenvalue weighted by atomic mass is 79.9. The molecule has 6 nitrogen and oxygen atoms in total. The number of para-hydroxylation sites is 1. The van der Waals surface area contributed by atoms with E-state index < -0.39 is 0 Å². The van der Waals surface area contributed by atoms with E-state index in [2.05, 4.69) is 31.2 Å². The van der Waals surface area contributed by atoms with Crippen LogP contribution in [0.25, 0.3) is 11.4 Å². The molecule has 8 heteroatoms. The quantitative estimate of drug-likeness (QED) is 0.476. The summed E-state index contributed by atoms with van der Waals surface area (Å²) in [6, 6.07) is 12.6. The number of benzene rings is 2. The molecular formula is C17H15BrN4O2S. The van der Waals surface area contributed by atoms with Crippen LogP contribution >= 0.6 is 28.1 Å². The van der Waals surface area contributed by atoms with Crippen molar-refractivity contribution in [1.29, 1.82) is 0 Å². The largest absolute Gasteiger partial charge is 0.507 e. The Bertz CT molecular complexity index is 981. The maximum absolute atomic E-state index is 9.94. The molecule has 0 saturated carbocycles. The van der Waals surface area contributed by atoms with Gasteiger partial charge in [-0.15, -0.1) is 0 Å². The number of nitrogens with one attached hydrogen (secondary N) is 1. The van der Waals surface area contributed by atoms with Gasteiger partial charge >= 0.3 is 0 Å². The van der Waals surface area contributed by atoms with E-state index in [4.69, 9.17) is 17.0 Å². The number of ether oxygens (including phenoxy) is 1. The Morgan fingerprint density at radius 3 is 2.96 bits per heavy atom. The first kappa shape index (κ1) is 17.4. The third-order valence-corrected chi connectivity index (χ3v) is 4.14. The Morgan fingerprint density at radius 1 is 1.36 bits per heavy atom. The summed E-state index contributed by atoms with van der Waals surface area (Å²) >= 11 is 8.65. The van der Waals surface area contributed by atoms with E-state index in [-0.39, 0.29) is 5.75 Å². The molecule has 1 heterocycles. The Hall–Kier alpha value is -2.45. The van der Waals surface area contributed by atoms with Crippen LogP contribution in [0.5, 0.6) is 11.5 Å². The van der Waals surface area contributed by atoms with Crippen molar-refractivity contribution in [2.24, 2.45) is 5.10 Å². The lowest BCUT2D eigenvalue weighted by Gasteiger charge is -2.08. The van der Waals surface area contributed by atoms with Gasteiger partial charge in [-0.25, -0.2) is 5.10 Å². The van der Waals surface area contributed by atoms with Crippen molar-refractivity contribution in [3.8, 4) is 22.9 Å². The van der Waals surface area contributed by atoms with Crippen LogP contribution in [0.2, 0.25) is 0 Å². The van der Waals surface area contributed by atoms with Crippen molar-refractivity contribution < 1.29 is 9.84 Å². The minimum absolute atomic E-state index is 0.123. The van der Waals surface area contributed by atoms with Gasteiger partial charge < -0.3 is 9.84 Å². The van der Waals surface area contributed by atoms with Crippen molar-refractivity contribution >= 4 is 34.4 Å². The topological polar surface area (TPSA) is 75.4 Å². The molecule has 2 aromatic carbocycles. The van der Waals surface area contributed by atoms with E-state index in [1.54, 1.807) is 18.2 Å². The van der Waals surface area contributed by atoms with Gasteiger partial charge in [0.1, 0.15) is 11.5 Å². The molecule has 1 aromatic heterocycles. The van der Waals surface area contributed by atoms with Crippen molar-refractivity contribution in [2.75, 3.05) is 6.61 Å². The summed E-state index contributed by atoms with van der Waals surface area (Å²) in [6.07, 6.45) is 1.53. The lowest BCUT2D eigenvalue weighted by atomic mass is 10.2. The number of aromatic amines is 1. The Balaban J connectivity index is 2.05. The maximum atomic E-state index is 9.94. The molecule has 0 unspecified atom stereocenters. The maximum Gasteiger partial charge on any atom is 0.216 e. The molecule has 0 spiro atoms. The van der Waals surface area contributed by atoms with Crippen molar-refractivity contribution in [3.63, 3.8) is 0 Å². The summed E-state index contributed by atoms with van der Waals surface area (Å²) < 4.78 is 8.32. The van der Waals surface area contributed by atoms with Crippen LogP contribution < -0.4 is 4.74 Å². The zero-order valence-electron chi connectivity index (χ0n) is 13.3. The summed E-state index contributed by atoms with van der Waals surface area (Å²) in [4.78, 5) is 0. The number of hydrogen-bond donors (Lipinski definition) is 2. The number of H-pyrrole nitrogens is 1. The second kappa shape index (κ2) is 7.62. The smallest absolute Gasteiger partial charge is 0.216 e. The van der Waals surface area contributed by atoms with Crippen LogP contribution in [0, 0.1) is 4.77 Å². The van der Waals surface area contributed by atoms with E-state index in [1.807, 2.05) is 31.2 Å². The summed E-state index contributed by atoms with van der Waals surface area (Å²) in [5.74, 6) is 1.35. The predicted octanol–water partition coefficient (Wildman–Crippen LogP) is 4.36.